The van der Waals surface area contributed by atoms with Crippen molar-refractivity contribution in [1.29, 1.82) is 0 Å². The molecule has 1 aliphatic heterocycles. The van der Waals surface area contributed by atoms with E-state index in [1.807, 2.05) is 54.6 Å². The van der Waals surface area contributed by atoms with Crippen molar-refractivity contribution in [2.45, 2.75) is 18.9 Å². The zero-order chi connectivity index (χ0) is 24.6. The number of carbonyl (C=O) groups excluding carboxylic acids is 2. The lowest BCUT2D eigenvalue weighted by molar-refractivity contribution is -0.124. The minimum absolute atomic E-state index is 0.0838. The standard InChI is InChI=1S/C29H33N3O3/c1-32-19-26(27(20-32)29(34)30-17-16-21-10-14-25(35-2)15-11-21)23-12-8-22(9-13-23)18-31-28(33)24-6-4-3-5-7-24/h3-15,26-27H,16-20H2,1-2H3,(H,30,34)(H,31,33)/t26-,27-/m0/s1. The van der Waals surface area contributed by atoms with E-state index >= 15 is 0 Å². The number of methoxy groups -OCH3 is 1. The van der Waals surface area contributed by atoms with E-state index in [1.165, 1.54) is 5.56 Å². The van der Waals surface area contributed by atoms with Crippen LogP contribution in [0.4, 0.5) is 0 Å². The first-order valence-corrected chi connectivity index (χ1v) is 12.0. The number of likely N-dealkylation sites (tertiary alicyclic amines) is 1. The third-order valence-electron chi connectivity index (χ3n) is 6.61. The number of hydrogen-bond acceptors (Lipinski definition) is 4. The lowest BCUT2D eigenvalue weighted by atomic mass is 9.88. The molecule has 0 aromatic heterocycles. The average molecular weight is 472 g/mol. The summed E-state index contributed by atoms with van der Waals surface area (Å²) in [6, 6.07) is 25.4. The van der Waals surface area contributed by atoms with Crippen LogP contribution >= 0.6 is 0 Å². The van der Waals surface area contributed by atoms with Gasteiger partial charge >= 0.3 is 0 Å². The summed E-state index contributed by atoms with van der Waals surface area (Å²) in [4.78, 5) is 27.5. The van der Waals surface area contributed by atoms with Gasteiger partial charge in [-0.3, -0.25) is 9.59 Å². The van der Waals surface area contributed by atoms with Crippen molar-refractivity contribution in [3.63, 3.8) is 0 Å². The zero-order valence-corrected chi connectivity index (χ0v) is 20.4. The molecule has 0 radical (unpaired) electrons. The van der Waals surface area contributed by atoms with Gasteiger partial charge in [0.25, 0.3) is 5.91 Å². The molecule has 6 heteroatoms. The van der Waals surface area contributed by atoms with Crippen LogP contribution in [0, 0.1) is 5.92 Å². The number of likely N-dealkylation sites (N-methyl/N-ethyl adjacent to an activating group) is 1. The monoisotopic (exact) mass is 471 g/mol. The molecule has 1 aliphatic rings. The third kappa shape index (κ3) is 6.49. The second-order valence-electron chi connectivity index (χ2n) is 9.11. The summed E-state index contributed by atoms with van der Waals surface area (Å²) in [7, 11) is 3.72. The first-order chi connectivity index (χ1) is 17.0. The van der Waals surface area contributed by atoms with Crippen LogP contribution in [0.5, 0.6) is 5.75 Å². The fourth-order valence-electron chi connectivity index (χ4n) is 4.61. The SMILES string of the molecule is COc1ccc(CCNC(=O)[C@H]2CN(C)C[C@H]2c2ccc(CNC(=O)c3ccccc3)cc2)cc1. The Kier molecular flexibility index (Phi) is 8.16. The second kappa shape index (κ2) is 11.7. The minimum Gasteiger partial charge on any atom is -0.497 e. The maximum atomic E-state index is 13.0. The van der Waals surface area contributed by atoms with Crippen LogP contribution in [-0.2, 0) is 17.8 Å². The number of nitrogens with zero attached hydrogens (tertiary/aromatic N) is 1. The van der Waals surface area contributed by atoms with E-state index in [0.29, 0.717) is 18.7 Å². The first kappa shape index (κ1) is 24.5. The lowest BCUT2D eigenvalue weighted by Gasteiger charge is -2.19. The van der Waals surface area contributed by atoms with Crippen LogP contribution in [0.2, 0.25) is 0 Å². The normalized spacial score (nSPS) is 17.7. The van der Waals surface area contributed by atoms with E-state index in [4.69, 9.17) is 4.74 Å². The fraction of sp³-hybridized carbons (Fsp3) is 0.310. The summed E-state index contributed by atoms with van der Waals surface area (Å²) in [6.45, 7) is 2.67. The van der Waals surface area contributed by atoms with Crippen LogP contribution in [-0.4, -0.2) is 50.5 Å². The second-order valence-corrected chi connectivity index (χ2v) is 9.11. The molecule has 1 saturated heterocycles. The quantitative estimate of drug-likeness (QED) is 0.500. The third-order valence-corrected chi connectivity index (χ3v) is 6.61. The fourth-order valence-corrected chi connectivity index (χ4v) is 4.61. The van der Waals surface area contributed by atoms with Crippen LogP contribution in [0.25, 0.3) is 0 Å². The van der Waals surface area contributed by atoms with Gasteiger partial charge in [0, 0.05) is 37.7 Å². The van der Waals surface area contributed by atoms with Gasteiger partial charge in [-0.2, -0.15) is 0 Å². The molecule has 3 aromatic rings. The number of rotatable bonds is 9. The van der Waals surface area contributed by atoms with Crippen molar-refractivity contribution in [2.24, 2.45) is 5.92 Å². The van der Waals surface area contributed by atoms with Crippen molar-refractivity contribution in [3.8, 4) is 5.75 Å². The molecule has 0 bridgehead atoms. The molecule has 0 saturated carbocycles. The highest BCUT2D eigenvalue weighted by molar-refractivity contribution is 5.94. The maximum Gasteiger partial charge on any atom is 0.251 e. The van der Waals surface area contributed by atoms with E-state index in [-0.39, 0.29) is 23.7 Å². The summed E-state index contributed by atoms with van der Waals surface area (Å²) < 4.78 is 5.20. The van der Waals surface area contributed by atoms with E-state index in [2.05, 4.69) is 34.7 Å². The number of amides is 2. The van der Waals surface area contributed by atoms with E-state index in [1.54, 1.807) is 19.2 Å². The number of nitrogens with one attached hydrogen (secondary N) is 2. The van der Waals surface area contributed by atoms with Gasteiger partial charge in [-0.15, -0.1) is 0 Å². The number of ether oxygens (including phenoxy) is 1. The molecule has 1 fully saturated rings. The summed E-state index contributed by atoms with van der Waals surface area (Å²) in [6.07, 6.45) is 0.784. The van der Waals surface area contributed by atoms with Crippen molar-refractivity contribution in [1.82, 2.24) is 15.5 Å². The summed E-state index contributed by atoms with van der Waals surface area (Å²) >= 11 is 0. The molecule has 6 nitrogen and oxygen atoms in total. The summed E-state index contributed by atoms with van der Waals surface area (Å²) in [5, 5.41) is 6.10. The van der Waals surface area contributed by atoms with Gasteiger partial charge < -0.3 is 20.3 Å². The zero-order valence-electron chi connectivity index (χ0n) is 20.4. The molecule has 0 spiro atoms. The van der Waals surface area contributed by atoms with Crippen LogP contribution in [0.3, 0.4) is 0 Å². The maximum absolute atomic E-state index is 13.0. The van der Waals surface area contributed by atoms with Gasteiger partial charge in [-0.25, -0.2) is 0 Å². The molecule has 35 heavy (non-hydrogen) atoms. The molecule has 182 valence electrons. The van der Waals surface area contributed by atoms with Gasteiger partial charge in [0.1, 0.15) is 5.75 Å². The van der Waals surface area contributed by atoms with Gasteiger partial charge in [0.05, 0.1) is 13.0 Å². The van der Waals surface area contributed by atoms with Gasteiger partial charge in [-0.05, 0) is 54.4 Å². The predicted molar refractivity (Wildman–Crippen MR) is 137 cm³/mol. The molecule has 2 amide bonds. The van der Waals surface area contributed by atoms with E-state index in [0.717, 1.165) is 36.4 Å². The average Bonchev–Trinajstić information content (AvgIpc) is 3.30. The molecule has 2 atom stereocenters. The smallest absolute Gasteiger partial charge is 0.251 e. The Morgan fingerprint density at radius 1 is 0.886 bits per heavy atom. The van der Waals surface area contributed by atoms with Crippen molar-refractivity contribution >= 4 is 11.8 Å². The van der Waals surface area contributed by atoms with Crippen molar-refractivity contribution in [3.05, 3.63) is 101 Å². The molecule has 3 aromatic carbocycles. The van der Waals surface area contributed by atoms with Crippen LogP contribution < -0.4 is 15.4 Å². The molecular formula is C29H33N3O3. The minimum atomic E-state index is -0.0848. The molecule has 2 N–H and O–H groups in total. The van der Waals surface area contributed by atoms with Gasteiger partial charge in [0.2, 0.25) is 5.91 Å². The van der Waals surface area contributed by atoms with Gasteiger partial charge in [-0.1, -0.05) is 54.6 Å². The Morgan fingerprint density at radius 2 is 1.57 bits per heavy atom. The van der Waals surface area contributed by atoms with Crippen molar-refractivity contribution in [2.75, 3.05) is 33.8 Å². The van der Waals surface area contributed by atoms with Crippen LogP contribution in [0.1, 0.15) is 33.0 Å². The molecule has 0 aliphatic carbocycles. The van der Waals surface area contributed by atoms with E-state index < -0.39 is 0 Å². The summed E-state index contributed by atoms with van der Waals surface area (Å²) in [5.41, 5.74) is 4.01. The molecule has 1 heterocycles. The Bertz CT molecular complexity index is 1110. The topological polar surface area (TPSA) is 70.7 Å². The lowest BCUT2D eigenvalue weighted by Crippen LogP contribution is -2.35. The van der Waals surface area contributed by atoms with E-state index in [9.17, 15) is 9.59 Å². The van der Waals surface area contributed by atoms with Crippen LogP contribution in [0.15, 0.2) is 78.9 Å². The Morgan fingerprint density at radius 3 is 2.26 bits per heavy atom. The highest BCUT2D eigenvalue weighted by Gasteiger charge is 2.36. The largest absolute Gasteiger partial charge is 0.497 e. The molecular weight excluding hydrogens is 438 g/mol. The predicted octanol–water partition coefficient (Wildman–Crippen LogP) is 3.63. The number of carbonyl (C=O) groups is 2. The van der Waals surface area contributed by atoms with Gasteiger partial charge in [0.15, 0.2) is 0 Å². The Labute approximate surface area is 207 Å². The van der Waals surface area contributed by atoms with Crippen molar-refractivity contribution < 1.29 is 14.3 Å². The highest BCUT2D eigenvalue weighted by atomic mass is 16.5. The number of benzene rings is 3. The first-order valence-electron chi connectivity index (χ1n) is 12.0. The highest BCUT2D eigenvalue weighted by Crippen LogP contribution is 2.32. The molecule has 0 unspecified atom stereocenters. The molecule has 4 rings (SSSR count). The Hall–Kier alpha value is -3.64. The summed E-state index contributed by atoms with van der Waals surface area (Å²) in [5.74, 6) is 0.915. The number of hydrogen-bond donors (Lipinski definition) is 2. The Balaban J connectivity index is 1.31.